The van der Waals surface area contributed by atoms with Crippen LogP contribution in [0, 0.1) is 0 Å². The van der Waals surface area contributed by atoms with Gasteiger partial charge in [-0.15, -0.1) is 0 Å². The minimum Gasteiger partial charge on any atom is -0.508 e. The second kappa shape index (κ2) is 34.7. The zero-order chi connectivity index (χ0) is 48.4. The molecule has 0 amide bonds. The van der Waals surface area contributed by atoms with E-state index in [4.69, 9.17) is 28.4 Å². The van der Waals surface area contributed by atoms with Crippen molar-refractivity contribution in [2.24, 2.45) is 0 Å². The van der Waals surface area contributed by atoms with Crippen molar-refractivity contribution in [1.82, 2.24) is 0 Å². The largest absolute Gasteiger partial charge is 0.508 e. The maximum Gasteiger partial charge on any atom is 0.157 e. The maximum atomic E-state index is 11.1. The van der Waals surface area contributed by atoms with E-state index >= 15 is 0 Å². The summed E-state index contributed by atoms with van der Waals surface area (Å²) in [6.45, 7) is 10.3. The highest BCUT2D eigenvalue weighted by Gasteiger charge is 2.12. The lowest BCUT2D eigenvalue weighted by molar-refractivity contribution is -0.112. The van der Waals surface area contributed by atoms with Crippen LogP contribution >= 0.6 is 0 Å². The molecule has 2 N–H and O–H groups in total. The van der Waals surface area contributed by atoms with Gasteiger partial charge in [-0.2, -0.15) is 0 Å². The molecule has 0 aliphatic rings. The van der Waals surface area contributed by atoms with Crippen LogP contribution in [0.25, 0.3) is 6.08 Å². The molecule has 0 atom stereocenters. The smallest absolute Gasteiger partial charge is 0.157 e. The molecule has 0 unspecified atom stereocenters. The van der Waals surface area contributed by atoms with E-state index in [1.807, 2.05) is 30.3 Å². The van der Waals surface area contributed by atoms with Crippen LogP contribution in [-0.4, -0.2) is 64.9 Å². The molecule has 4 rings (SSSR count). The number of rotatable bonds is 25. The molecule has 0 fully saturated rings. The molecule has 0 aliphatic heterocycles. The molecular weight excluding hydrogens is 821 g/mol. The zero-order valence-corrected chi connectivity index (χ0v) is 41.5. The Hall–Kier alpha value is -5.64. The van der Waals surface area contributed by atoms with Gasteiger partial charge in [-0.05, 0) is 141 Å². The molecule has 0 spiro atoms. The third-order valence-electron chi connectivity index (χ3n) is 10.5. The Morgan fingerprint density at radius 3 is 1.06 bits per heavy atom. The number of aldehydes is 1. The van der Waals surface area contributed by atoms with E-state index in [1.165, 1.54) is 88.0 Å². The number of phenolic OH excluding ortho intramolecular Hbond substituents is 2. The van der Waals surface area contributed by atoms with Crippen LogP contribution in [0.3, 0.4) is 0 Å². The predicted octanol–water partition coefficient (Wildman–Crippen LogP) is 13.6. The highest BCUT2D eigenvalue weighted by Crippen LogP contribution is 2.33. The molecule has 4 aromatic carbocycles. The van der Waals surface area contributed by atoms with Crippen LogP contribution in [0.2, 0.25) is 0 Å². The Morgan fingerprint density at radius 2 is 0.769 bits per heavy atom. The van der Waals surface area contributed by atoms with Gasteiger partial charge in [-0.25, -0.2) is 0 Å². The van der Waals surface area contributed by atoms with E-state index in [0.717, 1.165) is 90.9 Å². The molecule has 10 heteroatoms. The average Bonchev–Trinajstić information content (AvgIpc) is 3.30. The van der Waals surface area contributed by atoms with Crippen LogP contribution < -0.4 is 28.4 Å². The molecule has 0 saturated heterocycles. The van der Waals surface area contributed by atoms with Crippen molar-refractivity contribution in [3.63, 3.8) is 0 Å². The number of carbonyl (C=O) groups excluding carboxylic acids is 2. The van der Waals surface area contributed by atoms with Crippen LogP contribution in [0.1, 0.15) is 150 Å². The molecule has 4 aromatic rings. The van der Waals surface area contributed by atoms with Crippen molar-refractivity contribution in [2.45, 2.75) is 137 Å². The van der Waals surface area contributed by atoms with Crippen molar-refractivity contribution >= 4 is 18.1 Å². The van der Waals surface area contributed by atoms with Gasteiger partial charge in [-0.3, -0.25) is 9.59 Å². The van der Waals surface area contributed by atoms with E-state index in [1.54, 1.807) is 60.9 Å². The highest BCUT2D eigenvalue weighted by molar-refractivity contribution is 5.92. The van der Waals surface area contributed by atoms with Crippen LogP contribution in [0.15, 0.2) is 66.7 Å². The molecule has 0 aliphatic carbocycles. The van der Waals surface area contributed by atoms with Gasteiger partial charge in [0, 0.05) is 12.1 Å². The van der Waals surface area contributed by atoms with Crippen molar-refractivity contribution in [3.05, 3.63) is 100 Å². The van der Waals surface area contributed by atoms with Crippen molar-refractivity contribution < 1.29 is 48.2 Å². The normalized spacial score (nSPS) is 10.3. The topological polar surface area (TPSA) is 130 Å². The van der Waals surface area contributed by atoms with Gasteiger partial charge in [0.1, 0.15) is 46.0 Å². The number of allylic oxidation sites excluding steroid dienone is 1. The fourth-order valence-corrected chi connectivity index (χ4v) is 6.88. The second-order valence-electron chi connectivity index (χ2n) is 15.8. The van der Waals surface area contributed by atoms with Crippen LogP contribution in [0.5, 0.6) is 46.0 Å². The first-order valence-corrected chi connectivity index (χ1v) is 23.3. The summed E-state index contributed by atoms with van der Waals surface area (Å²) in [6.07, 6.45) is 22.4. The lowest BCUT2D eigenvalue weighted by Gasteiger charge is -2.13. The van der Waals surface area contributed by atoms with Gasteiger partial charge in [-0.1, -0.05) is 79.1 Å². The molecular formula is C55H80O10. The Balaban J connectivity index is 0.000000438. The number of unbranched alkanes of at least 4 members (excludes halogenated alkanes) is 8. The summed E-state index contributed by atoms with van der Waals surface area (Å²) in [5, 5.41) is 18.4. The number of hydrogen-bond donors (Lipinski definition) is 2. The summed E-state index contributed by atoms with van der Waals surface area (Å²) in [4.78, 5) is 22.1. The molecule has 360 valence electrons. The van der Waals surface area contributed by atoms with Crippen LogP contribution in [-0.2, 0) is 30.5 Å². The van der Waals surface area contributed by atoms with E-state index < -0.39 is 0 Å². The van der Waals surface area contributed by atoms with Crippen molar-refractivity contribution in [1.29, 1.82) is 0 Å². The summed E-state index contributed by atoms with van der Waals surface area (Å²) in [7, 11) is 9.77. The number of hydrogen-bond acceptors (Lipinski definition) is 10. The monoisotopic (exact) mass is 901 g/mol. The van der Waals surface area contributed by atoms with E-state index in [9.17, 15) is 19.8 Å². The summed E-state index contributed by atoms with van der Waals surface area (Å²) in [5.41, 5.74) is 5.94. The number of phenols is 2. The number of carbonyl (C=O) groups is 2. The summed E-state index contributed by atoms with van der Waals surface area (Å²) in [6, 6.07) is 18.7. The van der Waals surface area contributed by atoms with E-state index in [0.29, 0.717) is 17.1 Å². The molecule has 0 heterocycles. The standard InChI is InChI=1S/C17H24O3.C14H20O3.C13H20O2.C11H16O2/c1-5-6-7-8-14-11-16(19-3)15(10-9-13(2)18)17(12-14)20-4;1-4-5-6-7-11-8-13(16-2)12(10-15)14(9-11)17-3;1-4-5-6-7-11-8-12(14-2)10-13(9-11)15-3;1-2-3-4-5-9-6-10(12)8-11(13)7-9/h9-12H,5-8H2,1-4H3;8-10H,4-7H2,1-3H3;8-10H,4-7H2,1-3H3;6-8,12-13H,2-5H2,1H3/b10-9+;;;. The third kappa shape index (κ3) is 23.2. The Morgan fingerprint density at radius 1 is 0.446 bits per heavy atom. The Kier molecular flexibility index (Phi) is 30.7. The predicted molar refractivity (Wildman–Crippen MR) is 266 cm³/mol. The highest BCUT2D eigenvalue weighted by atomic mass is 16.5. The number of benzene rings is 4. The second-order valence-corrected chi connectivity index (χ2v) is 15.8. The number of ketones is 1. The minimum atomic E-state index is 0.00104. The summed E-state index contributed by atoms with van der Waals surface area (Å²) < 4.78 is 31.7. The molecule has 65 heavy (non-hydrogen) atoms. The van der Waals surface area contributed by atoms with Gasteiger partial charge in [0.25, 0.3) is 0 Å². The van der Waals surface area contributed by atoms with Crippen molar-refractivity contribution in [2.75, 3.05) is 42.7 Å². The first kappa shape index (κ1) is 57.4. The third-order valence-corrected chi connectivity index (χ3v) is 10.5. The maximum absolute atomic E-state index is 11.1. The van der Waals surface area contributed by atoms with Gasteiger partial charge < -0.3 is 38.6 Å². The van der Waals surface area contributed by atoms with Gasteiger partial charge in [0.15, 0.2) is 12.1 Å². The molecule has 0 saturated carbocycles. The van der Waals surface area contributed by atoms with Gasteiger partial charge in [0.05, 0.1) is 53.8 Å². The number of aromatic hydroxyl groups is 2. The fourth-order valence-electron chi connectivity index (χ4n) is 6.88. The number of ether oxygens (including phenoxy) is 6. The van der Waals surface area contributed by atoms with Gasteiger partial charge >= 0.3 is 0 Å². The summed E-state index contributed by atoms with van der Waals surface area (Å²) >= 11 is 0. The number of methoxy groups -OCH3 is 6. The Labute approximate surface area is 391 Å². The molecule has 0 bridgehead atoms. The lowest BCUT2D eigenvalue weighted by Crippen LogP contribution is -1.98. The first-order chi connectivity index (χ1) is 31.4. The van der Waals surface area contributed by atoms with E-state index in [2.05, 4.69) is 39.8 Å². The SMILES string of the molecule is CCCCCc1cc(O)cc(O)c1.CCCCCc1cc(OC)c(/C=C/C(C)=O)c(OC)c1.CCCCCc1cc(OC)c(C=O)c(OC)c1.CCCCCc1cc(OC)cc(OC)c1. The lowest BCUT2D eigenvalue weighted by atomic mass is 10.0. The average molecular weight is 901 g/mol. The molecule has 0 aromatic heterocycles. The van der Waals surface area contributed by atoms with Crippen molar-refractivity contribution in [3.8, 4) is 46.0 Å². The van der Waals surface area contributed by atoms with Gasteiger partial charge in [0.2, 0.25) is 0 Å². The Bertz CT molecular complexity index is 1880. The fraction of sp³-hybridized carbons (Fsp3) is 0.491. The quantitative estimate of drug-likeness (QED) is 0.0377. The minimum absolute atomic E-state index is 0.00104. The molecule has 10 nitrogen and oxygen atoms in total. The summed E-state index contributed by atoms with van der Waals surface area (Å²) in [5.74, 6) is 4.71. The van der Waals surface area contributed by atoms with E-state index in [-0.39, 0.29) is 17.3 Å². The molecule has 0 radical (unpaired) electrons. The first-order valence-electron chi connectivity index (χ1n) is 23.3. The zero-order valence-electron chi connectivity index (χ0n) is 41.5. The van der Waals surface area contributed by atoms with Crippen LogP contribution in [0.4, 0.5) is 0 Å². The number of aryl methyl sites for hydroxylation is 4.